The molecule has 110 valence electrons. The van der Waals surface area contributed by atoms with E-state index in [9.17, 15) is 0 Å². The van der Waals surface area contributed by atoms with Crippen LogP contribution in [0.4, 0.5) is 5.00 Å². The Kier molecular flexibility index (Phi) is 3.24. The molecule has 0 saturated heterocycles. The van der Waals surface area contributed by atoms with Crippen LogP contribution in [0.2, 0.25) is 0 Å². The fourth-order valence-corrected chi connectivity index (χ4v) is 3.46. The zero-order valence-corrected chi connectivity index (χ0v) is 13.7. The van der Waals surface area contributed by atoms with E-state index in [2.05, 4.69) is 43.3 Å². The number of fused-ring (bicyclic) bond motifs is 1. The largest absolute Gasteiger partial charge is 0.390 e. The van der Waals surface area contributed by atoms with E-state index in [0.717, 1.165) is 33.8 Å². The number of nitrogen functional groups attached to an aromatic ring is 1. The third-order valence-corrected chi connectivity index (χ3v) is 4.64. The van der Waals surface area contributed by atoms with Crippen molar-refractivity contribution in [2.75, 3.05) is 5.73 Å². The number of hydrogen-bond donors (Lipinski definition) is 1. The molecule has 0 unspecified atom stereocenters. The lowest BCUT2D eigenvalue weighted by Crippen LogP contribution is -2.22. The van der Waals surface area contributed by atoms with Gasteiger partial charge < -0.3 is 10.3 Å². The highest BCUT2D eigenvalue weighted by molar-refractivity contribution is 7.16. The van der Waals surface area contributed by atoms with Gasteiger partial charge in [0, 0.05) is 16.6 Å². The van der Waals surface area contributed by atoms with E-state index in [0.29, 0.717) is 0 Å². The van der Waals surface area contributed by atoms with Crippen LogP contribution < -0.4 is 5.73 Å². The van der Waals surface area contributed by atoms with Crippen molar-refractivity contribution >= 4 is 27.4 Å². The van der Waals surface area contributed by atoms with Crippen LogP contribution in [0, 0.1) is 0 Å². The minimum absolute atomic E-state index is 0.0772. The third-order valence-electron chi connectivity index (χ3n) is 3.53. The van der Waals surface area contributed by atoms with Gasteiger partial charge in [-0.15, -0.1) is 11.3 Å². The number of anilines is 1. The first-order valence-electron chi connectivity index (χ1n) is 7.13. The molecule has 0 amide bonds. The zero-order chi connectivity index (χ0) is 15.2. The maximum Gasteiger partial charge on any atom is 0.144 e. The second kappa shape index (κ2) is 4.84. The van der Waals surface area contributed by atoms with Crippen molar-refractivity contribution in [2.24, 2.45) is 0 Å². The molecule has 4 nitrogen and oxygen atoms in total. The smallest absolute Gasteiger partial charge is 0.144 e. The van der Waals surface area contributed by atoms with Gasteiger partial charge in [-0.3, -0.25) is 4.98 Å². The molecule has 0 aliphatic carbocycles. The Morgan fingerprint density at radius 1 is 1.33 bits per heavy atom. The summed E-state index contributed by atoms with van der Waals surface area (Å²) in [5.74, 6) is 0.930. The molecule has 0 fully saturated rings. The van der Waals surface area contributed by atoms with Crippen LogP contribution in [0.25, 0.3) is 22.4 Å². The molecule has 3 aromatic heterocycles. The Balaban J connectivity index is 2.33. The molecule has 0 bridgehead atoms. The van der Waals surface area contributed by atoms with Gasteiger partial charge >= 0.3 is 0 Å². The third kappa shape index (κ3) is 2.31. The molecule has 5 heteroatoms. The first kappa shape index (κ1) is 14.1. The van der Waals surface area contributed by atoms with Gasteiger partial charge in [-0.2, -0.15) is 0 Å². The van der Waals surface area contributed by atoms with Crippen LogP contribution in [0.1, 0.15) is 32.6 Å². The zero-order valence-electron chi connectivity index (χ0n) is 12.8. The monoisotopic (exact) mass is 300 g/mol. The van der Waals surface area contributed by atoms with Gasteiger partial charge in [-0.25, -0.2) is 4.98 Å². The first-order valence-corrected chi connectivity index (χ1v) is 7.95. The molecule has 0 radical (unpaired) electrons. The predicted molar refractivity (Wildman–Crippen MR) is 89.6 cm³/mol. The molecular weight excluding hydrogens is 280 g/mol. The first-order chi connectivity index (χ1) is 9.91. The van der Waals surface area contributed by atoms with Crippen molar-refractivity contribution in [3.8, 4) is 11.4 Å². The average molecular weight is 300 g/mol. The predicted octanol–water partition coefficient (Wildman–Crippen LogP) is 4.06. The van der Waals surface area contributed by atoms with Gasteiger partial charge in [-0.1, -0.05) is 6.92 Å². The van der Waals surface area contributed by atoms with Crippen molar-refractivity contribution in [2.45, 2.75) is 39.7 Å². The lowest BCUT2D eigenvalue weighted by molar-refractivity contribution is 0.413. The fourth-order valence-electron chi connectivity index (χ4n) is 2.60. The molecule has 0 aliphatic rings. The number of thiophene rings is 1. The lowest BCUT2D eigenvalue weighted by Gasteiger charge is -2.24. The minimum Gasteiger partial charge on any atom is -0.390 e. The van der Waals surface area contributed by atoms with E-state index in [4.69, 9.17) is 10.7 Å². The summed E-state index contributed by atoms with van der Waals surface area (Å²) < 4.78 is 2.25. The van der Waals surface area contributed by atoms with Crippen LogP contribution in [0.15, 0.2) is 24.5 Å². The average Bonchev–Trinajstić information content (AvgIpc) is 2.97. The van der Waals surface area contributed by atoms with Gasteiger partial charge in [0.05, 0.1) is 22.3 Å². The molecule has 0 spiro atoms. The number of aryl methyl sites for hydroxylation is 1. The van der Waals surface area contributed by atoms with E-state index in [-0.39, 0.29) is 5.54 Å². The van der Waals surface area contributed by atoms with Crippen LogP contribution in [0.3, 0.4) is 0 Å². The molecule has 0 atom stereocenters. The number of nitrogens with zero attached hydrogens (tertiary/aromatic N) is 3. The fraction of sp³-hybridized carbons (Fsp3) is 0.375. The van der Waals surface area contributed by atoms with Gasteiger partial charge in [0.1, 0.15) is 11.3 Å². The number of nitrogens with two attached hydrogens (primary N) is 1. The summed E-state index contributed by atoms with van der Waals surface area (Å²) in [4.78, 5) is 10.3. The van der Waals surface area contributed by atoms with Crippen LogP contribution in [-0.2, 0) is 12.0 Å². The molecule has 0 aromatic carbocycles. The number of aromatic nitrogens is 3. The molecular formula is C16H20N4S. The summed E-state index contributed by atoms with van der Waals surface area (Å²) in [6, 6.07) is 4.18. The Labute approximate surface area is 128 Å². The van der Waals surface area contributed by atoms with Gasteiger partial charge in [0.2, 0.25) is 0 Å². The van der Waals surface area contributed by atoms with E-state index in [1.54, 1.807) is 11.3 Å². The molecule has 0 saturated carbocycles. The van der Waals surface area contributed by atoms with E-state index >= 15 is 0 Å². The Morgan fingerprint density at radius 2 is 2.10 bits per heavy atom. The van der Waals surface area contributed by atoms with Crippen molar-refractivity contribution in [1.29, 1.82) is 0 Å². The minimum atomic E-state index is -0.0772. The topological polar surface area (TPSA) is 56.7 Å². The van der Waals surface area contributed by atoms with Crippen LogP contribution in [-0.4, -0.2) is 14.5 Å². The highest BCUT2D eigenvalue weighted by Gasteiger charge is 2.24. The Hall–Kier alpha value is -1.88. The van der Waals surface area contributed by atoms with Crippen molar-refractivity contribution in [1.82, 2.24) is 14.5 Å². The molecule has 21 heavy (non-hydrogen) atoms. The molecule has 3 rings (SSSR count). The Morgan fingerprint density at radius 3 is 2.71 bits per heavy atom. The number of imidazole rings is 1. The summed E-state index contributed by atoms with van der Waals surface area (Å²) in [6.07, 6.45) is 4.61. The van der Waals surface area contributed by atoms with E-state index in [1.807, 2.05) is 18.5 Å². The van der Waals surface area contributed by atoms with Gasteiger partial charge in [-0.05, 0) is 39.3 Å². The van der Waals surface area contributed by atoms with E-state index < -0.39 is 0 Å². The summed E-state index contributed by atoms with van der Waals surface area (Å²) in [6.45, 7) is 8.69. The maximum atomic E-state index is 6.23. The SMILES string of the molecule is CCc1cc(-c2nc3cnccc3n2C(C)(C)C)c(N)s1. The van der Waals surface area contributed by atoms with Crippen molar-refractivity contribution < 1.29 is 0 Å². The van der Waals surface area contributed by atoms with Crippen LogP contribution >= 0.6 is 11.3 Å². The van der Waals surface area contributed by atoms with Crippen LogP contribution in [0.5, 0.6) is 0 Å². The second-order valence-corrected chi connectivity index (χ2v) is 7.32. The molecule has 2 N–H and O–H groups in total. The number of rotatable bonds is 2. The summed E-state index contributed by atoms with van der Waals surface area (Å²) in [5.41, 5.74) is 9.19. The molecule has 3 aromatic rings. The van der Waals surface area contributed by atoms with Gasteiger partial charge in [0.25, 0.3) is 0 Å². The maximum absolute atomic E-state index is 6.23. The summed E-state index contributed by atoms with van der Waals surface area (Å²) in [5, 5.41) is 0.834. The highest BCUT2D eigenvalue weighted by Crippen LogP contribution is 2.37. The highest BCUT2D eigenvalue weighted by atomic mass is 32.1. The molecule has 0 aliphatic heterocycles. The molecule has 3 heterocycles. The summed E-state index contributed by atoms with van der Waals surface area (Å²) in [7, 11) is 0. The number of hydrogen-bond acceptors (Lipinski definition) is 4. The lowest BCUT2D eigenvalue weighted by atomic mass is 10.1. The number of pyridine rings is 1. The van der Waals surface area contributed by atoms with Crippen molar-refractivity contribution in [3.05, 3.63) is 29.4 Å². The Bertz CT molecular complexity index is 792. The normalized spacial score (nSPS) is 12.2. The second-order valence-electron chi connectivity index (χ2n) is 6.15. The van der Waals surface area contributed by atoms with E-state index in [1.165, 1.54) is 4.88 Å². The standard InChI is InChI=1S/C16H20N4S/c1-5-10-8-11(14(17)21-10)15-19-12-9-18-7-6-13(12)20(15)16(2,3)4/h6-9H,5,17H2,1-4H3. The van der Waals surface area contributed by atoms with Gasteiger partial charge in [0.15, 0.2) is 0 Å². The quantitative estimate of drug-likeness (QED) is 0.776. The summed E-state index contributed by atoms with van der Waals surface area (Å²) >= 11 is 1.65. The van der Waals surface area contributed by atoms with Crippen molar-refractivity contribution in [3.63, 3.8) is 0 Å².